The molecule has 0 N–H and O–H groups in total. The van der Waals surface area contributed by atoms with E-state index in [-0.39, 0.29) is 16.8 Å². The van der Waals surface area contributed by atoms with E-state index in [1.165, 1.54) is 6.26 Å². The van der Waals surface area contributed by atoms with Gasteiger partial charge in [0, 0.05) is 31.7 Å². The van der Waals surface area contributed by atoms with Crippen molar-refractivity contribution in [2.24, 2.45) is 0 Å². The van der Waals surface area contributed by atoms with Gasteiger partial charge in [-0.3, -0.25) is 9.59 Å². The molecule has 0 saturated carbocycles. The highest BCUT2D eigenvalue weighted by Gasteiger charge is 2.28. The number of carbonyl (C=O) groups excluding carboxylic acids is 2. The normalized spacial score (nSPS) is 14.8. The van der Waals surface area contributed by atoms with Crippen LogP contribution in [0, 0.1) is 6.92 Å². The molecule has 0 bridgehead atoms. The fourth-order valence-electron chi connectivity index (χ4n) is 2.69. The van der Waals surface area contributed by atoms with Gasteiger partial charge in [0.05, 0.1) is 21.9 Å². The van der Waals surface area contributed by atoms with Gasteiger partial charge in [0.2, 0.25) is 0 Å². The van der Waals surface area contributed by atoms with Crippen LogP contribution in [0.25, 0.3) is 0 Å². The third-order valence-electron chi connectivity index (χ3n) is 4.09. The van der Waals surface area contributed by atoms with Crippen LogP contribution in [0.4, 0.5) is 0 Å². The highest BCUT2D eigenvalue weighted by Crippen LogP contribution is 2.27. The largest absolute Gasteiger partial charge is 0.459 e. The number of hydrogen-bond acceptors (Lipinski definition) is 3. The molecule has 0 atom stereocenters. The van der Waals surface area contributed by atoms with Gasteiger partial charge < -0.3 is 14.2 Å². The number of amides is 2. The van der Waals surface area contributed by atoms with Crippen LogP contribution in [0.2, 0.25) is 10.0 Å². The molecule has 0 unspecified atom stereocenters. The molecule has 3 rings (SSSR count). The minimum Gasteiger partial charge on any atom is -0.459 e. The zero-order chi connectivity index (χ0) is 17.3. The molecule has 1 saturated heterocycles. The summed E-state index contributed by atoms with van der Waals surface area (Å²) >= 11 is 12.1. The number of benzene rings is 1. The van der Waals surface area contributed by atoms with Crippen molar-refractivity contribution in [3.63, 3.8) is 0 Å². The van der Waals surface area contributed by atoms with Crippen LogP contribution in [-0.2, 0) is 0 Å². The van der Waals surface area contributed by atoms with Crippen LogP contribution in [0.15, 0.2) is 34.9 Å². The maximum absolute atomic E-state index is 12.6. The van der Waals surface area contributed by atoms with Crippen LogP contribution in [0.3, 0.4) is 0 Å². The average molecular weight is 367 g/mol. The standard InChI is InChI=1S/C17H16Cl2N2O3/c1-11-5-10-24-15(11)17(23)21-8-6-20(7-9-21)16(22)12-3-2-4-13(18)14(12)19/h2-5,10H,6-9H2,1H3. The number of aryl methyl sites for hydroxylation is 1. The van der Waals surface area contributed by atoms with E-state index in [9.17, 15) is 9.59 Å². The predicted octanol–water partition coefficient (Wildman–Crippen LogP) is 3.49. The molecular formula is C17H16Cl2N2O3. The highest BCUT2D eigenvalue weighted by molar-refractivity contribution is 6.43. The van der Waals surface area contributed by atoms with Gasteiger partial charge in [0.15, 0.2) is 5.76 Å². The Kier molecular flexibility index (Phi) is 4.83. The van der Waals surface area contributed by atoms with Gasteiger partial charge in [0.1, 0.15) is 0 Å². The van der Waals surface area contributed by atoms with E-state index in [1.807, 2.05) is 6.92 Å². The Hall–Kier alpha value is -1.98. The van der Waals surface area contributed by atoms with E-state index in [2.05, 4.69) is 0 Å². The summed E-state index contributed by atoms with van der Waals surface area (Å²) in [7, 11) is 0. The SMILES string of the molecule is Cc1ccoc1C(=O)N1CCN(C(=O)c2cccc(Cl)c2Cl)CC1. The van der Waals surface area contributed by atoms with Crippen molar-refractivity contribution in [3.05, 3.63) is 57.5 Å². The summed E-state index contributed by atoms with van der Waals surface area (Å²) in [4.78, 5) is 28.4. The molecule has 2 amide bonds. The van der Waals surface area contributed by atoms with Crippen molar-refractivity contribution in [2.45, 2.75) is 6.92 Å². The molecule has 5 nitrogen and oxygen atoms in total. The lowest BCUT2D eigenvalue weighted by Crippen LogP contribution is -2.50. The monoisotopic (exact) mass is 366 g/mol. The minimum atomic E-state index is -0.177. The Labute approximate surface area is 149 Å². The van der Waals surface area contributed by atoms with Gasteiger partial charge in [0.25, 0.3) is 11.8 Å². The Balaban J connectivity index is 1.67. The van der Waals surface area contributed by atoms with Crippen molar-refractivity contribution in [1.82, 2.24) is 9.80 Å². The van der Waals surface area contributed by atoms with Gasteiger partial charge in [-0.25, -0.2) is 0 Å². The topological polar surface area (TPSA) is 53.8 Å². The molecule has 2 aromatic rings. The summed E-state index contributed by atoms with van der Waals surface area (Å²) in [5.74, 6) is 0.0295. The van der Waals surface area contributed by atoms with E-state index in [4.69, 9.17) is 27.6 Å². The van der Waals surface area contributed by atoms with Gasteiger partial charge in [-0.2, -0.15) is 0 Å². The third-order valence-corrected chi connectivity index (χ3v) is 4.91. The number of halogens is 2. The van der Waals surface area contributed by atoms with Crippen molar-refractivity contribution < 1.29 is 14.0 Å². The first-order chi connectivity index (χ1) is 11.5. The van der Waals surface area contributed by atoms with Crippen molar-refractivity contribution >= 4 is 35.0 Å². The summed E-state index contributed by atoms with van der Waals surface area (Å²) in [6.45, 7) is 3.60. The summed E-state index contributed by atoms with van der Waals surface area (Å²) < 4.78 is 5.25. The van der Waals surface area contributed by atoms with E-state index < -0.39 is 0 Å². The highest BCUT2D eigenvalue weighted by atomic mass is 35.5. The lowest BCUT2D eigenvalue weighted by atomic mass is 10.1. The average Bonchev–Trinajstić information content (AvgIpc) is 3.02. The predicted molar refractivity (Wildman–Crippen MR) is 91.7 cm³/mol. The first-order valence-electron chi connectivity index (χ1n) is 7.55. The van der Waals surface area contributed by atoms with Gasteiger partial charge in [-0.15, -0.1) is 0 Å². The van der Waals surface area contributed by atoms with Gasteiger partial charge >= 0.3 is 0 Å². The Morgan fingerprint density at radius 2 is 1.62 bits per heavy atom. The molecule has 1 aliphatic heterocycles. The quantitative estimate of drug-likeness (QED) is 0.817. The number of piperazine rings is 1. The summed E-state index contributed by atoms with van der Waals surface area (Å²) in [6.07, 6.45) is 1.50. The van der Waals surface area contributed by atoms with Crippen molar-refractivity contribution in [2.75, 3.05) is 26.2 Å². The van der Waals surface area contributed by atoms with Crippen molar-refractivity contribution in [1.29, 1.82) is 0 Å². The number of hydrogen-bond donors (Lipinski definition) is 0. The molecule has 7 heteroatoms. The molecule has 1 aromatic heterocycles. The number of furan rings is 1. The Morgan fingerprint density at radius 1 is 1.00 bits per heavy atom. The maximum atomic E-state index is 12.6. The fraction of sp³-hybridized carbons (Fsp3) is 0.294. The summed E-state index contributed by atoms with van der Waals surface area (Å²) in [5, 5.41) is 0.610. The zero-order valence-corrected chi connectivity index (χ0v) is 14.6. The molecule has 2 heterocycles. The first-order valence-corrected chi connectivity index (χ1v) is 8.31. The molecule has 1 fully saturated rings. The Morgan fingerprint density at radius 3 is 2.21 bits per heavy atom. The maximum Gasteiger partial charge on any atom is 0.289 e. The van der Waals surface area contributed by atoms with Crippen LogP contribution < -0.4 is 0 Å². The van der Waals surface area contributed by atoms with Crippen LogP contribution in [0.1, 0.15) is 26.5 Å². The molecule has 24 heavy (non-hydrogen) atoms. The molecule has 0 spiro atoms. The molecule has 0 aliphatic carbocycles. The van der Waals surface area contributed by atoms with Gasteiger partial charge in [-0.1, -0.05) is 29.3 Å². The molecule has 0 radical (unpaired) electrons. The van der Waals surface area contributed by atoms with E-state index in [1.54, 1.807) is 34.1 Å². The lowest BCUT2D eigenvalue weighted by Gasteiger charge is -2.34. The fourth-order valence-corrected chi connectivity index (χ4v) is 3.07. The molecule has 126 valence electrons. The number of nitrogens with zero attached hydrogens (tertiary/aromatic N) is 2. The summed E-state index contributed by atoms with van der Waals surface area (Å²) in [5.41, 5.74) is 1.19. The second-order valence-electron chi connectivity index (χ2n) is 5.62. The second kappa shape index (κ2) is 6.87. The molecular weight excluding hydrogens is 351 g/mol. The third kappa shape index (κ3) is 3.14. The van der Waals surface area contributed by atoms with E-state index >= 15 is 0 Å². The van der Waals surface area contributed by atoms with Crippen molar-refractivity contribution in [3.8, 4) is 0 Å². The second-order valence-corrected chi connectivity index (χ2v) is 6.40. The smallest absolute Gasteiger partial charge is 0.289 e. The lowest BCUT2D eigenvalue weighted by molar-refractivity contribution is 0.0517. The minimum absolute atomic E-state index is 0.148. The van der Waals surface area contributed by atoms with Crippen LogP contribution in [0.5, 0.6) is 0 Å². The Bertz CT molecular complexity index is 780. The van der Waals surface area contributed by atoms with Crippen LogP contribution >= 0.6 is 23.2 Å². The van der Waals surface area contributed by atoms with Gasteiger partial charge in [-0.05, 0) is 25.1 Å². The van der Waals surface area contributed by atoms with E-state index in [0.29, 0.717) is 42.5 Å². The molecule has 1 aliphatic rings. The summed E-state index contributed by atoms with van der Waals surface area (Å²) in [6, 6.07) is 6.75. The van der Waals surface area contributed by atoms with Crippen LogP contribution in [-0.4, -0.2) is 47.8 Å². The first kappa shape index (κ1) is 16.9. The number of rotatable bonds is 2. The van der Waals surface area contributed by atoms with E-state index in [0.717, 1.165) is 5.56 Å². The zero-order valence-electron chi connectivity index (χ0n) is 13.1. The number of carbonyl (C=O) groups is 2. The molecule has 1 aromatic carbocycles.